The van der Waals surface area contributed by atoms with E-state index in [0.717, 1.165) is 42.6 Å². The number of carbonyl (C=O) groups is 2. The minimum Gasteiger partial charge on any atom is -0.497 e. The van der Waals surface area contributed by atoms with Gasteiger partial charge < -0.3 is 20.3 Å². The third-order valence-electron chi connectivity index (χ3n) is 5.72. The Morgan fingerprint density at radius 2 is 1.63 bits per heavy atom. The zero-order valence-electron chi connectivity index (χ0n) is 16.4. The number of nitrogens with one attached hydrogen (secondary N) is 2. The number of rotatable bonds is 4. The Morgan fingerprint density at radius 1 is 1.00 bits per heavy atom. The molecule has 1 saturated carbocycles. The Balaban J connectivity index is 1.46. The molecule has 6 heteroatoms. The summed E-state index contributed by atoms with van der Waals surface area (Å²) in [5, 5.41) is 6.19. The second-order valence-corrected chi connectivity index (χ2v) is 7.70. The molecule has 1 aromatic carbocycles. The fraction of sp³-hybridized carbons (Fsp3) is 0.619. The molecule has 0 unspecified atom stereocenters. The number of amides is 3. The first-order valence-electron chi connectivity index (χ1n) is 10.1. The molecule has 0 aromatic heterocycles. The molecule has 0 radical (unpaired) electrons. The molecule has 1 aliphatic carbocycles. The van der Waals surface area contributed by atoms with E-state index in [0.29, 0.717) is 19.1 Å². The molecule has 0 atom stereocenters. The number of piperidine rings is 1. The maximum Gasteiger partial charge on any atom is 0.315 e. The topological polar surface area (TPSA) is 70.7 Å². The van der Waals surface area contributed by atoms with Crippen LogP contribution in [0, 0.1) is 6.92 Å². The molecule has 0 spiro atoms. The van der Waals surface area contributed by atoms with Crippen molar-refractivity contribution < 1.29 is 14.3 Å². The Morgan fingerprint density at radius 3 is 2.22 bits per heavy atom. The van der Waals surface area contributed by atoms with Crippen molar-refractivity contribution in [1.29, 1.82) is 0 Å². The molecule has 6 nitrogen and oxygen atoms in total. The quantitative estimate of drug-likeness (QED) is 0.851. The van der Waals surface area contributed by atoms with Crippen LogP contribution in [0.3, 0.4) is 0 Å². The van der Waals surface area contributed by atoms with E-state index in [1.165, 1.54) is 19.3 Å². The first-order chi connectivity index (χ1) is 13.1. The van der Waals surface area contributed by atoms with Crippen LogP contribution in [0.1, 0.15) is 60.9 Å². The lowest BCUT2D eigenvalue weighted by Gasteiger charge is -2.33. The van der Waals surface area contributed by atoms with E-state index in [1.54, 1.807) is 7.11 Å². The molecule has 1 aliphatic heterocycles. The van der Waals surface area contributed by atoms with Crippen LogP contribution < -0.4 is 15.4 Å². The van der Waals surface area contributed by atoms with Crippen LogP contribution >= 0.6 is 0 Å². The predicted molar refractivity (Wildman–Crippen MR) is 105 cm³/mol. The lowest BCUT2D eigenvalue weighted by atomic mass is 9.96. The minimum absolute atomic E-state index is 0.0558. The Hall–Kier alpha value is -2.24. The van der Waals surface area contributed by atoms with Gasteiger partial charge >= 0.3 is 6.03 Å². The second-order valence-electron chi connectivity index (χ2n) is 7.70. The van der Waals surface area contributed by atoms with Crippen molar-refractivity contribution in [2.45, 2.75) is 64.0 Å². The molecule has 3 amide bonds. The van der Waals surface area contributed by atoms with E-state index in [2.05, 4.69) is 10.6 Å². The zero-order chi connectivity index (χ0) is 19.2. The highest BCUT2D eigenvalue weighted by atomic mass is 16.5. The summed E-state index contributed by atoms with van der Waals surface area (Å²) >= 11 is 0. The van der Waals surface area contributed by atoms with Crippen molar-refractivity contribution in [1.82, 2.24) is 15.5 Å². The molecule has 2 N–H and O–H groups in total. The van der Waals surface area contributed by atoms with E-state index in [-0.39, 0.29) is 18.0 Å². The Labute approximate surface area is 161 Å². The highest BCUT2D eigenvalue weighted by Crippen LogP contribution is 2.21. The molecular formula is C21H31N3O3. The first-order valence-corrected chi connectivity index (χ1v) is 10.1. The number of urea groups is 1. The summed E-state index contributed by atoms with van der Waals surface area (Å²) in [6.07, 6.45) is 7.44. The van der Waals surface area contributed by atoms with Crippen LogP contribution in [0.2, 0.25) is 0 Å². The molecule has 1 saturated heterocycles. The van der Waals surface area contributed by atoms with E-state index in [4.69, 9.17) is 4.74 Å². The monoisotopic (exact) mass is 373 g/mol. The van der Waals surface area contributed by atoms with Gasteiger partial charge in [0, 0.05) is 30.7 Å². The molecule has 2 fully saturated rings. The Kier molecular flexibility index (Phi) is 6.58. The third kappa shape index (κ3) is 5.15. The van der Waals surface area contributed by atoms with Crippen molar-refractivity contribution in [2.24, 2.45) is 0 Å². The van der Waals surface area contributed by atoms with E-state index in [9.17, 15) is 9.59 Å². The lowest BCUT2D eigenvalue weighted by Crippen LogP contribution is -2.51. The van der Waals surface area contributed by atoms with Gasteiger partial charge in [-0.15, -0.1) is 0 Å². The number of ether oxygens (including phenoxy) is 1. The normalized spacial score (nSPS) is 18.8. The summed E-state index contributed by atoms with van der Waals surface area (Å²) in [4.78, 5) is 26.9. The number of methoxy groups -OCH3 is 1. The molecule has 0 bridgehead atoms. The van der Waals surface area contributed by atoms with Crippen molar-refractivity contribution in [2.75, 3.05) is 20.2 Å². The largest absolute Gasteiger partial charge is 0.497 e. The van der Waals surface area contributed by atoms with Crippen LogP contribution in [-0.2, 0) is 0 Å². The molecule has 27 heavy (non-hydrogen) atoms. The average molecular weight is 373 g/mol. The molecule has 1 aromatic rings. The van der Waals surface area contributed by atoms with Gasteiger partial charge in [-0.1, -0.05) is 19.3 Å². The van der Waals surface area contributed by atoms with Gasteiger partial charge in [-0.25, -0.2) is 4.79 Å². The lowest BCUT2D eigenvalue weighted by molar-refractivity contribution is 0.0707. The number of benzene rings is 1. The zero-order valence-corrected chi connectivity index (χ0v) is 16.4. The number of aryl methyl sites for hydroxylation is 1. The van der Waals surface area contributed by atoms with Crippen LogP contribution in [0.5, 0.6) is 5.75 Å². The van der Waals surface area contributed by atoms with Crippen LogP contribution in [0.15, 0.2) is 18.2 Å². The number of carbonyl (C=O) groups excluding carboxylic acids is 2. The van der Waals surface area contributed by atoms with Gasteiger partial charge in [0.2, 0.25) is 0 Å². The third-order valence-corrected chi connectivity index (χ3v) is 5.72. The average Bonchev–Trinajstić information content (AvgIpc) is 2.68. The standard InChI is InChI=1S/C21H31N3O3/c1-15-14-18(27-2)8-9-19(15)20(25)24-12-10-17(11-13-24)23-21(26)22-16-6-4-3-5-7-16/h8-9,14,16-17H,3-7,10-13H2,1-2H3,(H2,22,23,26). The van der Waals surface area contributed by atoms with Gasteiger partial charge in [-0.05, 0) is 56.4 Å². The highest BCUT2D eigenvalue weighted by Gasteiger charge is 2.26. The van der Waals surface area contributed by atoms with Crippen LogP contribution in [0.25, 0.3) is 0 Å². The van der Waals surface area contributed by atoms with Crippen molar-refractivity contribution >= 4 is 11.9 Å². The van der Waals surface area contributed by atoms with Crippen molar-refractivity contribution in [3.05, 3.63) is 29.3 Å². The number of nitrogens with zero attached hydrogens (tertiary/aromatic N) is 1. The summed E-state index contributed by atoms with van der Waals surface area (Å²) in [5.41, 5.74) is 1.64. The number of hydrogen-bond acceptors (Lipinski definition) is 3. The SMILES string of the molecule is COc1ccc(C(=O)N2CCC(NC(=O)NC3CCCCC3)CC2)c(C)c1. The first kappa shape index (κ1) is 19.5. The van der Waals surface area contributed by atoms with E-state index < -0.39 is 0 Å². The maximum absolute atomic E-state index is 12.8. The molecule has 1 heterocycles. The summed E-state index contributed by atoms with van der Waals surface area (Å²) in [6.45, 7) is 3.26. The smallest absolute Gasteiger partial charge is 0.315 e. The molecule has 3 rings (SSSR count). The minimum atomic E-state index is -0.0577. The van der Waals surface area contributed by atoms with Gasteiger partial charge in [-0.2, -0.15) is 0 Å². The van der Waals surface area contributed by atoms with Crippen molar-refractivity contribution in [3.63, 3.8) is 0 Å². The van der Waals surface area contributed by atoms with E-state index in [1.807, 2.05) is 30.0 Å². The van der Waals surface area contributed by atoms with Crippen molar-refractivity contribution in [3.8, 4) is 5.75 Å². The number of hydrogen-bond donors (Lipinski definition) is 2. The van der Waals surface area contributed by atoms with Gasteiger partial charge in [0.25, 0.3) is 5.91 Å². The van der Waals surface area contributed by atoms with Gasteiger partial charge in [0.05, 0.1) is 7.11 Å². The van der Waals surface area contributed by atoms with Crippen LogP contribution in [0.4, 0.5) is 4.79 Å². The summed E-state index contributed by atoms with van der Waals surface area (Å²) in [6, 6.07) is 5.94. The fourth-order valence-electron chi connectivity index (χ4n) is 4.06. The van der Waals surface area contributed by atoms with E-state index >= 15 is 0 Å². The molecule has 2 aliphatic rings. The van der Waals surface area contributed by atoms with Crippen LogP contribution in [-0.4, -0.2) is 49.1 Å². The highest BCUT2D eigenvalue weighted by molar-refractivity contribution is 5.95. The Bertz CT molecular complexity index is 663. The fourth-order valence-corrected chi connectivity index (χ4v) is 4.06. The number of likely N-dealkylation sites (tertiary alicyclic amines) is 1. The maximum atomic E-state index is 12.8. The van der Waals surface area contributed by atoms with Gasteiger partial charge in [0.1, 0.15) is 5.75 Å². The summed E-state index contributed by atoms with van der Waals surface area (Å²) < 4.78 is 5.21. The van der Waals surface area contributed by atoms with Gasteiger partial charge in [0.15, 0.2) is 0 Å². The molecular weight excluding hydrogens is 342 g/mol. The summed E-state index contributed by atoms with van der Waals surface area (Å²) in [7, 11) is 1.62. The van der Waals surface area contributed by atoms with Gasteiger partial charge in [-0.3, -0.25) is 4.79 Å². The second kappa shape index (κ2) is 9.11. The molecule has 148 valence electrons. The predicted octanol–water partition coefficient (Wildman–Crippen LogP) is 3.24. The summed E-state index contributed by atoms with van der Waals surface area (Å²) in [5.74, 6) is 0.816.